The maximum atomic E-state index is 12.9. The molecule has 1 aliphatic heterocycles. The molecule has 3 rings (SSSR count). The van der Waals surface area contributed by atoms with E-state index in [1.54, 1.807) is 0 Å². The molecule has 0 atom stereocenters. The predicted octanol–water partition coefficient (Wildman–Crippen LogP) is 3.46. The maximum Gasteiger partial charge on any atom is 0.265 e. The number of amides is 2. The van der Waals surface area contributed by atoms with Gasteiger partial charge in [0.2, 0.25) is 11.8 Å². The van der Waals surface area contributed by atoms with E-state index in [9.17, 15) is 18.0 Å². The van der Waals surface area contributed by atoms with Crippen molar-refractivity contribution in [3.8, 4) is 5.75 Å². The van der Waals surface area contributed by atoms with Gasteiger partial charge in [0.05, 0.1) is 23.5 Å². The van der Waals surface area contributed by atoms with Crippen LogP contribution in [0.2, 0.25) is 10.0 Å². The smallest absolute Gasteiger partial charge is 0.265 e. The Hall–Kier alpha value is -2.29. The van der Waals surface area contributed by atoms with E-state index < -0.39 is 10.0 Å². The van der Waals surface area contributed by atoms with Gasteiger partial charge in [-0.2, -0.15) is 0 Å². The number of carbonyl (C=O) groups is 2. The highest BCUT2D eigenvalue weighted by Crippen LogP contribution is 2.34. The number of hydrogen-bond acceptors (Lipinski definition) is 5. The van der Waals surface area contributed by atoms with E-state index in [1.165, 1.54) is 43.5 Å². The van der Waals surface area contributed by atoms with Crippen LogP contribution < -0.4 is 14.4 Å². The first-order valence-electron chi connectivity index (χ1n) is 7.74. The molecule has 0 radical (unpaired) electrons. The fraction of sp³-hybridized carbons (Fsp3) is 0.176. The Morgan fingerprint density at radius 2 is 1.70 bits per heavy atom. The predicted molar refractivity (Wildman–Crippen MR) is 102 cm³/mol. The van der Waals surface area contributed by atoms with Crippen LogP contribution in [0, 0.1) is 0 Å². The third-order valence-corrected chi connectivity index (χ3v) is 5.87. The van der Waals surface area contributed by atoms with Crippen molar-refractivity contribution in [1.82, 2.24) is 0 Å². The molecule has 0 unspecified atom stereocenters. The van der Waals surface area contributed by atoms with E-state index in [2.05, 4.69) is 4.72 Å². The van der Waals surface area contributed by atoms with Crippen LogP contribution in [0.5, 0.6) is 5.75 Å². The average Bonchev–Trinajstić information content (AvgIpc) is 2.96. The molecular weight excluding hydrogens is 415 g/mol. The van der Waals surface area contributed by atoms with E-state index in [0.717, 1.165) is 4.90 Å². The number of carbonyl (C=O) groups excluding carboxylic acids is 2. The van der Waals surface area contributed by atoms with E-state index in [4.69, 9.17) is 27.9 Å². The van der Waals surface area contributed by atoms with Gasteiger partial charge in [-0.1, -0.05) is 23.2 Å². The summed E-state index contributed by atoms with van der Waals surface area (Å²) in [5, 5.41) is 0.453. The fourth-order valence-corrected chi connectivity index (χ4v) is 4.31. The molecule has 142 valence electrons. The topological polar surface area (TPSA) is 92.8 Å². The largest absolute Gasteiger partial charge is 0.495 e. The van der Waals surface area contributed by atoms with E-state index >= 15 is 0 Å². The summed E-state index contributed by atoms with van der Waals surface area (Å²) >= 11 is 11.9. The number of hydrogen-bond donors (Lipinski definition) is 1. The molecule has 0 aliphatic carbocycles. The standard InChI is InChI=1S/C17H14Cl2N2O5S/c1-26-14-5-3-11(21-16(22)6-7-17(21)23)9-15(14)27(24,25)20-13-8-10(18)2-4-12(13)19/h2-5,8-9,20H,6-7H2,1H3. The number of sulfonamides is 1. The number of ether oxygens (including phenoxy) is 1. The molecule has 1 heterocycles. The summed E-state index contributed by atoms with van der Waals surface area (Å²) in [5.74, 6) is -0.734. The molecule has 1 N–H and O–H groups in total. The Morgan fingerprint density at radius 1 is 1.04 bits per heavy atom. The lowest BCUT2D eigenvalue weighted by molar-refractivity contribution is -0.121. The van der Waals surface area contributed by atoms with Gasteiger partial charge in [-0.3, -0.25) is 19.2 Å². The summed E-state index contributed by atoms with van der Waals surface area (Å²) in [7, 11) is -2.84. The Labute approximate surface area is 165 Å². The molecule has 0 aromatic heterocycles. The number of rotatable bonds is 5. The summed E-state index contributed by atoms with van der Waals surface area (Å²) < 4.78 is 33.3. The van der Waals surface area contributed by atoms with Crippen molar-refractivity contribution in [2.75, 3.05) is 16.7 Å². The molecule has 0 bridgehead atoms. The molecular formula is C17H14Cl2N2O5S. The van der Waals surface area contributed by atoms with E-state index in [0.29, 0.717) is 5.02 Å². The van der Waals surface area contributed by atoms with Crippen molar-refractivity contribution >= 4 is 56.4 Å². The van der Waals surface area contributed by atoms with Gasteiger partial charge < -0.3 is 4.74 Å². The summed E-state index contributed by atoms with van der Waals surface area (Å²) in [6, 6.07) is 8.38. The first kappa shape index (κ1) is 19.5. The van der Waals surface area contributed by atoms with Crippen molar-refractivity contribution in [1.29, 1.82) is 0 Å². The van der Waals surface area contributed by atoms with Crippen LogP contribution >= 0.6 is 23.2 Å². The van der Waals surface area contributed by atoms with Gasteiger partial charge in [-0.15, -0.1) is 0 Å². The number of anilines is 2. The first-order valence-corrected chi connectivity index (χ1v) is 9.98. The second-order valence-electron chi connectivity index (χ2n) is 5.69. The van der Waals surface area contributed by atoms with Crippen LogP contribution in [0.4, 0.5) is 11.4 Å². The van der Waals surface area contributed by atoms with Crippen molar-refractivity contribution < 1.29 is 22.7 Å². The summed E-state index contributed by atoms with van der Waals surface area (Å²) in [6.07, 6.45) is 0.173. The van der Waals surface area contributed by atoms with Crippen LogP contribution in [-0.4, -0.2) is 27.3 Å². The Morgan fingerprint density at radius 3 is 2.33 bits per heavy atom. The fourth-order valence-electron chi connectivity index (χ4n) is 2.65. The lowest BCUT2D eigenvalue weighted by Gasteiger charge is -2.18. The lowest BCUT2D eigenvalue weighted by atomic mass is 10.2. The third-order valence-electron chi connectivity index (χ3n) is 3.92. The van der Waals surface area contributed by atoms with Crippen molar-refractivity contribution in [2.24, 2.45) is 0 Å². The molecule has 7 nitrogen and oxygen atoms in total. The van der Waals surface area contributed by atoms with Crippen LogP contribution in [-0.2, 0) is 19.6 Å². The number of methoxy groups -OCH3 is 1. The molecule has 2 aromatic rings. The maximum absolute atomic E-state index is 12.9. The molecule has 27 heavy (non-hydrogen) atoms. The lowest BCUT2D eigenvalue weighted by Crippen LogP contribution is -2.28. The molecule has 1 saturated heterocycles. The number of nitrogens with one attached hydrogen (secondary N) is 1. The SMILES string of the molecule is COc1ccc(N2C(=O)CCC2=O)cc1S(=O)(=O)Nc1cc(Cl)ccc1Cl. The average molecular weight is 429 g/mol. The minimum Gasteiger partial charge on any atom is -0.495 e. The third kappa shape index (κ3) is 3.87. The number of imide groups is 1. The summed E-state index contributed by atoms with van der Waals surface area (Å²) in [6.45, 7) is 0. The zero-order valence-electron chi connectivity index (χ0n) is 14.0. The molecule has 0 saturated carbocycles. The molecule has 1 aliphatic rings. The summed E-state index contributed by atoms with van der Waals surface area (Å²) in [5.41, 5.74) is 0.241. The van der Waals surface area contributed by atoms with Crippen molar-refractivity contribution in [2.45, 2.75) is 17.7 Å². The molecule has 2 amide bonds. The quantitative estimate of drug-likeness (QED) is 0.735. The molecule has 1 fully saturated rings. The van der Waals surface area contributed by atoms with Gasteiger partial charge in [0.1, 0.15) is 10.6 Å². The van der Waals surface area contributed by atoms with Gasteiger partial charge >= 0.3 is 0 Å². The highest BCUT2D eigenvalue weighted by Gasteiger charge is 2.32. The minimum absolute atomic E-state index is 0.0449. The number of nitrogens with zero attached hydrogens (tertiary/aromatic N) is 1. The van der Waals surface area contributed by atoms with E-state index in [1.807, 2.05) is 0 Å². The second kappa shape index (κ2) is 7.38. The Balaban J connectivity index is 2.05. The highest BCUT2D eigenvalue weighted by atomic mass is 35.5. The van der Waals surface area contributed by atoms with Crippen LogP contribution in [0.3, 0.4) is 0 Å². The van der Waals surface area contributed by atoms with Crippen LogP contribution in [0.1, 0.15) is 12.8 Å². The number of benzene rings is 2. The highest BCUT2D eigenvalue weighted by molar-refractivity contribution is 7.92. The van der Waals surface area contributed by atoms with Gasteiger partial charge in [0, 0.05) is 17.9 Å². The minimum atomic E-state index is -4.15. The summed E-state index contributed by atoms with van der Waals surface area (Å²) in [4.78, 5) is 24.6. The van der Waals surface area contributed by atoms with Crippen LogP contribution in [0.25, 0.3) is 0 Å². The van der Waals surface area contributed by atoms with Crippen molar-refractivity contribution in [3.05, 3.63) is 46.4 Å². The van der Waals surface area contributed by atoms with Gasteiger partial charge in [0.15, 0.2) is 0 Å². The Kier molecular flexibility index (Phi) is 5.32. The van der Waals surface area contributed by atoms with Gasteiger partial charge in [0.25, 0.3) is 10.0 Å². The molecule has 2 aromatic carbocycles. The zero-order chi connectivity index (χ0) is 19.8. The number of halogens is 2. The Bertz CT molecular complexity index is 1020. The van der Waals surface area contributed by atoms with Gasteiger partial charge in [-0.05, 0) is 36.4 Å². The van der Waals surface area contributed by atoms with Crippen molar-refractivity contribution in [3.63, 3.8) is 0 Å². The van der Waals surface area contributed by atoms with E-state index in [-0.39, 0.29) is 51.7 Å². The van der Waals surface area contributed by atoms with Gasteiger partial charge in [-0.25, -0.2) is 8.42 Å². The zero-order valence-corrected chi connectivity index (χ0v) is 16.4. The molecule has 10 heteroatoms. The first-order chi connectivity index (χ1) is 12.7. The second-order valence-corrected chi connectivity index (χ2v) is 8.18. The monoisotopic (exact) mass is 428 g/mol. The molecule has 0 spiro atoms. The van der Waals surface area contributed by atoms with Crippen LogP contribution in [0.15, 0.2) is 41.3 Å². The normalized spacial score (nSPS) is 14.6.